The van der Waals surface area contributed by atoms with E-state index in [-0.39, 0.29) is 6.61 Å². The lowest BCUT2D eigenvalue weighted by Crippen LogP contribution is -2.14. The molecule has 1 N–H and O–H groups in total. The summed E-state index contributed by atoms with van der Waals surface area (Å²) in [6.45, 7) is 0.261. The molecule has 9 heteroatoms. The molecule has 3 rings (SSSR count). The second-order valence-corrected chi connectivity index (χ2v) is 6.84. The second kappa shape index (κ2) is 8.75. The summed E-state index contributed by atoms with van der Waals surface area (Å²) in [6, 6.07) is 10.4. The quantitative estimate of drug-likeness (QED) is 0.520. The van der Waals surface area contributed by atoms with Crippen LogP contribution in [0.1, 0.15) is 11.1 Å². The van der Waals surface area contributed by atoms with Crippen molar-refractivity contribution < 1.29 is 4.84 Å². The van der Waals surface area contributed by atoms with Gasteiger partial charge in [-0.25, -0.2) is 9.67 Å². The van der Waals surface area contributed by atoms with Gasteiger partial charge in [0.2, 0.25) is 0 Å². The SMILES string of the molecule is Clc1ccc(C(=Cn2cncn2)NOCc2ccc(Cl)c(Cl)c2)c(Cl)c1. The normalized spacial score (nSPS) is 11.6. The van der Waals surface area contributed by atoms with Crippen molar-refractivity contribution >= 4 is 58.3 Å². The molecule has 0 fully saturated rings. The van der Waals surface area contributed by atoms with Gasteiger partial charge in [0, 0.05) is 10.6 Å². The molecule has 0 unspecified atom stereocenters. The summed E-state index contributed by atoms with van der Waals surface area (Å²) in [5.74, 6) is 0. The lowest BCUT2D eigenvalue weighted by atomic mass is 10.2. The smallest absolute Gasteiger partial charge is 0.138 e. The number of rotatable bonds is 6. The molecular formula is C17H12Cl4N4O. The molecule has 5 nitrogen and oxygen atoms in total. The minimum Gasteiger partial charge on any atom is -0.271 e. The molecule has 3 aromatic rings. The molecule has 2 aromatic carbocycles. The van der Waals surface area contributed by atoms with Gasteiger partial charge in [-0.3, -0.25) is 10.3 Å². The zero-order valence-corrected chi connectivity index (χ0v) is 16.2. The third-order valence-corrected chi connectivity index (χ3v) is 4.61. The highest BCUT2D eigenvalue weighted by Crippen LogP contribution is 2.27. The van der Waals surface area contributed by atoms with E-state index in [4.69, 9.17) is 51.2 Å². The molecule has 0 aliphatic heterocycles. The molecule has 134 valence electrons. The van der Waals surface area contributed by atoms with Crippen molar-refractivity contribution in [1.29, 1.82) is 0 Å². The molecule has 0 saturated heterocycles. The summed E-state index contributed by atoms with van der Waals surface area (Å²) in [7, 11) is 0. The van der Waals surface area contributed by atoms with Crippen LogP contribution in [0.3, 0.4) is 0 Å². The zero-order valence-electron chi connectivity index (χ0n) is 13.2. The first-order valence-corrected chi connectivity index (χ1v) is 8.87. The van der Waals surface area contributed by atoms with Crippen LogP contribution in [-0.2, 0) is 11.4 Å². The average Bonchev–Trinajstić information content (AvgIpc) is 3.10. The predicted molar refractivity (Wildman–Crippen MR) is 105 cm³/mol. The Morgan fingerprint density at radius 2 is 1.88 bits per heavy atom. The van der Waals surface area contributed by atoms with Crippen molar-refractivity contribution in [1.82, 2.24) is 20.2 Å². The van der Waals surface area contributed by atoms with Gasteiger partial charge in [-0.1, -0.05) is 52.5 Å². The van der Waals surface area contributed by atoms with Crippen molar-refractivity contribution in [3.8, 4) is 0 Å². The van der Waals surface area contributed by atoms with Gasteiger partial charge in [0.1, 0.15) is 12.7 Å². The van der Waals surface area contributed by atoms with Crippen molar-refractivity contribution in [2.45, 2.75) is 6.61 Å². The van der Waals surface area contributed by atoms with Crippen molar-refractivity contribution in [3.05, 3.63) is 80.3 Å². The number of hydrogen-bond donors (Lipinski definition) is 1. The maximum atomic E-state index is 6.30. The summed E-state index contributed by atoms with van der Waals surface area (Å²) in [4.78, 5) is 9.50. The third kappa shape index (κ3) is 4.90. The number of nitrogens with zero attached hydrogens (tertiary/aromatic N) is 3. The number of nitrogens with one attached hydrogen (secondary N) is 1. The molecule has 0 aliphatic carbocycles. The molecule has 0 amide bonds. The minimum atomic E-state index is 0.261. The van der Waals surface area contributed by atoms with E-state index < -0.39 is 0 Å². The molecule has 0 spiro atoms. The van der Waals surface area contributed by atoms with E-state index in [1.54, 1.807) is 42.9 Å². The molecule has 1 aromatic heterocycles. The number of aromatic nitrogens is 3. The number of hydrogen-bond acceptors (Lipinski definition) is 4. The highest BCUT2D eigenvalue weighted by Gasteiger charge is 2.09. The van der Waals surface area contributed by atoms with Gasteiger partial charge in [-0.05, 0) is 35.9 Å². The molecular weight excluding hydrogens is 418 g/mol. The average molecular weight is 430 g/mol. The largest absolute Gasteiger partial charge is 0.271 e. The Balaban J connectivity index is 1.79. The van der Waals surface area contributed by atoms with Crippen LogP contribution in [0.4, 0.5) is 0 Å². The zero-order chi connectivity index (χ0) is 18.5. The summed E-state index contributed by atoms with van der Waals surface area (Å²) < 4.78 is 1.52. The lowest BCUT2D eigenvalue weighted by molar-refractivity contribution is 0.0649. The molecule has 1 heterocycles. The summed E-state index contributed by atoms with van der Waals surface area (Å²) >= 11 is 24.2. The third-order valence-electron chi connectivity index (χ3n) is 3.32. The fourth-order valence-electron chi connectivity index (χ4n) is 2.10. The van der Waals surface area contributed by atoms with Gasteiger partial charge in [-0.2, -0.15) is 5.10 Å². The first-order chi connectivity index (χ1) is 12.5. The summed E-state index contributed by atoms with van der Waals surface area (Å²) in [6.07, 6.45) is 4.66. The number of benzene rings is 2. The minimum absolute atomic E-state index is 0.261. The Morgan fingerprint density at radius 1 is 1.04 bits per heavy atom. The monoisotopic (exact) mass is 428 g/mol. The second-order valence-electron chi connectivity index (χ2n) is 5.18. The van der Waals surface area contributed by atoms with E-state index in [1.165, 1.54) is 11.0 Å². The molecule has 0 radical (unpaired) electrons. The highest BCUT2D eigenvalue weighted by atomic mass is 35.5. The van der Waals surface area contributed by atoms with Gasteiger partial charge < -0.3 is 0 Å². The molecule has 0 aliphatic rings. The van der Waals surface area contributed by atoms with E-state index >= 15 is 0 Å². The van der Waals surface area contributed by atoms with Gasteiger partial charge in [0.25, 0.3) is 0 Å². The van der Waals surface area contributed by atoms with Crippen molar-refractivity contribution in [2.75, 3.05) is 0 Å². The standard InChI is InChI=1S/C17H12Cl4N4O/c18-12-2-3-13(15(20)6-12)17(7-25-10-22-9-23-25)24-26-8-11-1-4-14(19)16(21)5-11/h1-7,9-10,24H,8H2. The van der Waals surface area contributed by atoms with Crippen LogP contribution in [0, 0.1) is 0 Å². The Hall–Kier alpha value is -1.76. The highest BCUT2D eigenvalue weighted by molar-refractivity contribution is 6.42. The van der Waals surface area contributed by atoms with E-state index in [9.17, 15) is 0 Å². The van der Waals surface area contributed by atoms with E-state index in [0.717, 1.165) is 5.56 Å². The molecule has 0 atom stereocenters. The van der Waals surface area contributed by atoms with E-state index in [0.29, 0.717) is 31.4 Å². The number of hydroxylamine groups is 1. The van der Waals surface area contributed by atoms with Crippen LogP contribution in [0.5, 0.6) is 0 Å². The fraction of sp³-hybridized carbons (Fsp3) is 0.0588. The van der Waals surface area contributed by atoms with Gasteiger partial charge in [0.15, 0.2) is 0 Å². The molecule has 0 bridgehead atoms. The van der Waals surface area contributed by atoms with Crippen LogP contribution in [-0.4, -0.2) is 14.8 Å². The summed E-state index contributed by atoms with van der Waals surface area (Å²) in [5.41, 5.74) is 5.02. The topological polar surface area (TPSA) is 52.0 Å². The van der Waals surface area contributed by atoms with Gasteiger partial charge in [0.05, 0.1) is 33.6 Å². The van der Waals surface area contributed by atoms with Crippen LogP contribution >= 0.6 is 46.4 Å². The Labute approximate surface area is 170 Å². The predicted octanol–water partition coefficient (Wildman–Crippen LogP) is 5.57. The lowest BCUT2D eigenvalue weighted by Gasteiger charge is -2.13. The first kappa shape index (κ1) is 19.0. The number of halogens is 4. The molecule has 0 saturated carbocycles. The van der Waals surface area contributed by atoms with Crippen LogP contribution in [0.25, 0.3) is 11.9 Å². The maximum absolute atomic E-state index is 6.30. The first-order valence-electron chi connectivity index (χ1n) is 7.36. The van der Waals surface area contributed by atoms with Crippen LogP contribution < -0.4 is 5.48 Å². The van der Waals surface area contributed by atoms with Crippen LogP contribution in [0.15, 0.2) is 49.1 Å². The molecule has 26 heavy (non-hydrogen) atoms. The fourth-order valence-corrected chi connectivity index (χ4v) is 2.93. The van der Waals surface area contributed by atoms with Crippen LogP contribution in [0.2, 0.25) is 20.1 Å². The Kier molecular flexibility index (Phi) is 6.40. The maximum Gasteiger partial charge on any atom is 0.138 e. The summed E-state index contributed by atoms with van der Waals surface area (Å²) in [5, 5.41) is 6.01. The van der Waals surface area contributed by atoms with Gasteiger partial charge >= 0.3 is 0 Å². The van der Waals surface area contributed by atoms with E-state index in [1.807, 2.05) is 6.07 Å². The Bertz CT molecular complexity index is 929. The van der Waals surface area contributed by atoms with E-state index in [2.05, 4.69) is 15.6 Å². The van der Waals surface area contributed by atoms with Gasteiger partial charge in [-0.15, -0.1) is 0 Å². The van der Waals surface area contributed by atoms with Crippen molar-refractivity contribution in [2.24, 2.45) is 0 Å². The van der Waals surface area contributed by atoms with Crippen molar-refractivity contribution in [3.63, 3.8) is 0 Å². The Morgan fingerprint density at radius 3 is 2.58 bits per heavy atom.